The second-order valence-corrected chi connectivity index (χ2v) is 6.37. The maximum absolute atomic E-state index is 12.4. The monoisotopic (exact) mass is 286 g/mol. The predicted octanol–water partition coefficient (Wildman–Crippen LogP) is 3.82. The molecule has 2 rings (SSSR count). The van der Waals surface area contributed by atoms with E-state index < -0.39 is 5.60 Å². The quantitative estimate of drug-likeness (QED) is 0.830. The van der Waals surface area contributed by atoms with Gasteiger partial charge in [0.15, 0.2) is 0 Å². The van der Waals surface area contributed by atoms with Crippen molar-refractivity contribution in [1.82, 2.24) is 4.90 Å². The first-order valence-corrected chi connectivity index (χ1v) is 7.37. The van der Waals surface area contributed by atoms with Gasteiger partial charge < -0.3 is 9.64 Å². The van der Waals surface area contributed by atoms with Gasteiger partial charge in [-0.1, -0.05) is 24.3 Å². The zero-order valence-corrected chi connectivity index (χ0v) is 12.9. The zero-order valence-electron chi connectivity index (χ0n) is 12.9. The normalized spacial score (nSPS) is 18.4. The molecule has 1 heterocycles. The molecule has 1 aliphatic heterocycles. The van der Waals surface area contributed by atoms with Gasteiger partial charge in [-0.3, -0.25) is 0 Å². The zero-order chi connectivity index (χ0) is 15.5. The maximum atomic E-state index is 12.4. The average Bonchev–Trinajstić information content (AvgIpc) is 2.87. The Labute approximate surface area is 126 Å². The van der Waals surface area contributed by atoms with Gasteiger partial charge >= 0.3 is 6.09 Å². The van der Waals surface area contributed by atoms with Crippen molar-refractivity contribution >= 4 is 6.09 Å². The van der Waals surface area contributed by atoms with Gasteiger partial charge in [0.05, 0.1) is 18.5 Å². The van der Waals surface area contributed by atoms with Crippen LogP contribution in [-0.4, -0.2) is 23.1 Å². The molecule has 0 radical (unpaired) electrons. The summed E-state index contributed by atoms with van der Waals surface area (Å²) in [6.45, 7) is 6.33. The van der Waals surface area contributed by atoms with Crippen LogP contribution in [0.25, 0.3) is 0 Å². The Morgan fingerprint density at radius 1 is 1.43 bits per heavy atom. The largest absolute Gasteiger partial charge is 0.444 e. The smallest absolute Gasteiger partial charge is 0.410 e. The van der Waals surface area contributed by atoms with Gasteiger partial charge in [0, 0.05) is 6.54 Å². The summed E-state index contributed by atoms with van der Waals surface area (Å²) >= 11 is 0. The minimum absolute atomic E-state index is 0.0180. The van der Waals surface area contributed by atoms with Gasteiger partial charge in [-0.05, 0) is 44.7 Å². The Balaban J connectivity index is 2.23. The summed E-state index contributed by atoms with van der Waals surface area (Å²) in [6.07, 6.45) is 1.98. The molecule has 1 aromatic carbocycles. The van der Waals surface area contributed by atoms with Crippen molar-refractivity contribution in [2.75, 3.05) is 6.54 Å². The van der Waals surface area contributed by atoms with Crippen molar-refractivity contribution in [2.45, 2.75) is 51.7 Å². The summed E-state index contributed by atoms with van der Waals surface area (Å²) in [6, 6.07) is 10.1. The lowest BCUT2D eigenvalue weighted by Gasteiger charge is -2.29. The number of carbonyl (C=O) groups excluding carboxylic acids is 1. The van der Waals surface area contributed by atoms with Crippen LogP contribution in [0.2, 0.25) is 0 Å². The Morgan fingerprint density at radius 3 is 2.81 bits per heavy atom. The van der Waals surface area contributed by atoms with Crippen LogP contribution in [0, 0.1) is 11.3 Å². The van der Waals surface area contributed by atoms with Crippen molar-refractivity contribution in [3.05, 3.63) is 35.4 Å². The fourth-order valence-electron chi connectivity index (χ4n) is 2.73. The van der Waals surface area contributed by atoms with E-state index in [2.05, 4.69) is 6.07 Å². The summed E-state index contributed by atoms with van der Waals surface area (Å²) in [5.41, 5.74) is 1.58. The topological polar surface area (TPSA) is 53.3 Å². The van der Waals surface area contributed by atoms with Crippen LogP contribution in [0.15, 0.2) is 24.3 Å². The number of ether oxygens (including phenoxy) is 1. The van der Waals surface area contributed by atoms with Gasteiger partial charge in [-0.15, -0.1) is 0 Å². The van der Waals surface area contributed by atoms with Crippen LogP contribution in [-0.2, 0) is 11.2 Å². The van der Waals surface area contributed by atoms with Crippen molar-refractivity contribution in [2.24, 2.45) is 0 Å². The molecule has 0 aliphatic carbocycles. The predicted molar refractivity (Wildman–Crippen MR) is 80.7 cm³/mol. The van der Waals surface area contributed by atoms with E-state index in [1.807, 2.05) is 45.0 Å². The Kier molecular flexibility index (Phi) is 4.52. The van der Waals surface area contributed by atoms with Crippen LogP contribution >= 0.6 is 0 Å². The van der Waals surface area contributed by atoms with Crippen LogP contribution in [0.1, 0.15) is 50.8 Å². The molecule has 1 aliphatic rings. The van der Waals surface area contributed by atoms with E-state index in [9.17, 15) is 4.79 Å². The highest BCUT2D eigenvalue weighted by molar-refractivity contribution is 5.69. The third-order valence-electron chi connectivity index (χ3n) is 3.56. The number of hydrogen-bond acceptors (Lipinski definition) is 3. The highest BCUT2D eigenvalue weighted by Crippen LogP contribution is 2.35. The van der Waals surface area contributed by atoms with E-state index in [1.54, 1.807) is 4.90 Å². The second kappa shape index (κ2) is 6.17. The number of rotatable bonds is 2. The number of nitrogens with zero attached hydrogens (tertiary/aromatic N) is 2. The Hall–Kier alpha value is -2.02. The van der Waals surface area contributed by atoms with E-state index in [0.717, 1.165) is 24.0 Å². The van der Waals surface area contributed by atoms with Gasteiger partial charge in [-0.2, -0.15) is 5.26 Å². The number of likely N-dealkylation sites (tertiary alicyclic amines) is 1. The highest BCUT2D eigenvalue weighted by Gasteiger charge is 2.33. The average molecular weight is 286 g/mol. The standard InChI is InChI=1S/C17H22N2O2/c1-17(2,3)21-16(20)19-12-6-9-15(19)14-8-5-4-7-13(14)10-11-18/h4-5,7-8,15H,6,9-10,12H2,1-3H3/t15-/m0/s1. The molecular formula is C17H22N2O2. The molecule has 4 heteroatoms. The van der Waals surface area contributed by atoms with Crippen molar-refractivity contribution in [3.8, 4) is 6.07 Å². The Morgan fingerprint density at radius 2 is 2.14 bits per heavy atom. The summed E-state index contributed by atoms with van der Waals surface area (Å²) in [4.78, 5) is 14.1. The number of amides is 1. The number of nitriles is 1. The highest BCUT2D eigenvalue weighted by atomic mass is 16.6. The summed E-state index contributed by atoms with van der Waals surface area (Å²) < 4.78 is 5.50. The van der Waals surface area contributed by atoms with Gasteiger partial charge in [-0.25, -0.2) is 4.79 Å². The molecule has 1 amide bonds. The number of benzene rings is 1. The molecular weight excluding hydrogens is 264 g/mol. The number of carbonyl (C=O) groups is 1. The van der Waals surface area contributed by atoms with Crippen LogP contribution in [0.4, 0.5) is 4.79 Å². The molecule has 4 nitrogen and oxygen atoms in total. The first-order valence-electron chi connectivity index (χ1n) is 7.37. The van der Waals surface area contributed by atoms with Gasteiger partial charge in [0.1, 0.15) is 5.60 Å². The van der Waals surface area contributed by atoms with Crippen LogP contribution < -0.4 is 0 Å². The first-order chi connectivity index (χ1) is 9.92. The van der Waals surface area contributed by atoms with Crippen molar-refractivity contribution < 1.29 is 9.53 Å². The minimum atomic E-state index is -0.490. The van der Waals surface area contributed by atoms with Crippen molar-refractivity contribution in [1.29, 1.82) is 5.26 Å². The van der Waals surface area contributed by atoms with Gasteiger partial charge in [0.2, 0.25) is 0 Å². The third-order valence-corrected chi connectivity index (χ3v) is 3.56. The fraction of sp³-hybridized carbons (Fsp3) is 0.529. The van der Waals surface area contributed by atoms with Crippen molar-refractivity contribution in [3.63, 3.8) is 0 Å². The lowest BCUT2D eigenvalue weighted by Crippen LogP contribution is -2.36. The second-order valence-electron chi connectivity index (χ2n) is 6.37. The first kappa shape index (κ1) is 15.4. The fourth-order valence-corrected chi connectivity index (χ4v) is 2.73. The summed E-state index contributed by atoms with van der Waals surface area (Å²) in [7, 11) is 0. The Bertz CT molecular complexity index is 555. The lowest BCUT2D eigenvalue weighted by atomic mass is 9.97. The summed E-state index contributed by atoms with van der Waals surface area (Å²) in [5.74, 6) is 0. The molecule has 0 aromatic heterocycles. The number of hydrogen-bond donors (Lipinski definition) is 0. The molecule has 21 heavy (non-hydrogen) atoms. The third kappa shape index (κ3) is 3.75. The van der Waals surface area contributed by atoms with Crippen LogP contribution in [0.5, 0.6) is 0 Å². The maximum Gasteiger partial charge on any atom is 0.410 e. The molecule has 1 saturated heterocycles. The molecule has 1 atom stereocenters. The van der Waals surface area contributed by atoms with E-state index in [0.29, 0.717) is 13.0 Å². The van der Waals surface area contributed by atoms with Crippen LogP contribution in [0.3, 0.4) is 0 Å². The molecule has 1 aromatic rings. The molecule has 0 saturated carbocycles. The molecule has 0 spiro atoms. The molecule has 0 N–H and O–H groups in total. The van der Waals surface area contributed by atoms with E-state index >= 15 is 0 Å². The van der Waals surface area contributed by atoms with E-state index in [-0.39, 0.29) is 12.1 Å². The molecule has 1 fully saturated rings. The lowest BCUT2D eigenvalue weighted by molar-refractivity contribution is 0.0224. The molecule has 112 valence electrons. The van der Waals surface area contributed by atoms with E-state index in [4.69, 9.17) is 10.00 Å². The summed E-state index contributed by atoms with van der Waals surface area (Å²) in [5, 5.41) is 8.96. The SMILES string of the molecule is CC(C)(C)OC(=O)N1CCC[C@H]1c1ccccc1CC#N. The molecule has 0 unspecified atom stereocenters. The molecule has 0 bridgehead atoms. The minimum Gasteiger partial charge on any atom is -0.444 e. The van der Waals surface area contributed by atoms with Gasteiger partial charge in [0.25, 0.3) is 0 Å². The van der Waals surface area contributed by atoms with E-state index in [1.165, 1.54) is 0 Å².